The van der Waals surface area contributed by atoms with E-state index in [9.17, 15) is 8.42 Å². The number of hydrogen-bond donors (Lipinski definition) is 1. The third-order valence-corrected chi connectivity index (χ3v) is 5.08. The van der Waals surface area contributed by atoms with E-state index in [0.29, 0.717) is 18.0 Å². The largest absolute Gasteiger partial charge is 0.383 e. The second-order valence-corrected chi connectivity index (χ2v) is 6.63. The van der Waals surface area contributed by atoms with Crippen molar-refractivity contribution in [2.45, 2.75) is 24.4 Å². The van der Waals surface area contributed by atoms with Gasteiger partial charge in [0.15, 0.2) is 0 Å². The normalized spacial score (nSPS) is 14.0. The number of nitrogens with zero attached hydrogens (tertiary/aromatic N) is 2. The first-order chi connectivity index (χ1) is 8.84. The Hall–Kier alpha value is -0.890. The van der Waals surface area contributed by atoms with Crippen molar-refractivity contribution in [3.8, 4) is 0 Å². The fraction of sp³-hybridized carbons (Fsp3) is 0.667. The van der Waals surface area contributed by atoms with Gasteiger partial charge < -0.3 is 14.6 Å². The van der Waals surface area contributed by atoms with Crippen molar-refractivity contribution >= 4 is 10.0 Å². The molecule has 0 fully saturated rings. The van der Waals surface area contributed by atoms with Crippen LogP contribution in [0.1, 0.15) is 12.6 Å². The molecule has 0 aliphatic rings. The molecule has 0 aliphatic carbocycles. The van der Waals surface area contributed by atoms with Gasteiger partial charge in [-0.05, 0) is 20.0 Å². The van der Waals surface area contributed by atoms with Crippen LogP contribution < -0.4 is 5.32 Å². The van der Waals surface area contributed by atoms with Crippen LogP contribution in [0, 0.1) is 0 Å². The molecule has 6 nitrogen and oxygen atoms in total. The van der Waals surface area contributed by atoms with Gasteiger partial charge in [0.25, 0.3) is 0 Å². The van der Waals surface area contributed by atoms with Gasteiger partial charge in [-0.1, -0.05) is 0 Å². The quantitative estimate of drug-likeness (QED) is 0.789. The number of hydrogen-bond acceptors (Lipinski definition) is 4. The first-order valence-electron chi connectivity index (χ1n) is 6.11. The maximum atomic E-state index is 12.5. The first kappa shape index (κ1) is 16.2. The van der Waals surface area contributed by atoms with Crippen LogP contribution in [0.3, 0.4) is 0 Å². The number of aryl methyl sites for hydroxylation is 1. The number of ether oxygens (including phenoxy) is 1. The summed E-state index contributed by atoms with van der Waals surface area (Å²) in [4.78, 5) is 0.311. The average molecular weight is 289 g/mol. The maximum Gasteiger partial charge on any atom is 0.244 e. The minimum atomic E-state index is -3.48. The highest BCUT2D eigenvalue weighted by molar-refractivity contribution is 7.89. The molecular weight excluding hydrogens is 266 g/mol. The Bertz CT molecular complexity index is 510. The lowest BCUT2D eigenvalue weighted by Gasteiger charge is -2.22. The molecule has 0 saturated carbocycles. The minimum absolute atomic E-state index is 0.206. The molecule has 0 aliphatic heterocycles. The molecule has 0 amide bonds. The molecule has 1 aromatic heterocycles. The predicted molar refractivity (Wildman–Crippen MR) is 74.5 cm³/mol. The standard InChI is InChI=1S/C12H23N3O3S/c1-10(9-18-5)15(4)19(16,17)12-6-11(7-13-2)14(3)8-12/h6,8,10,13H,7,9H2,1-5H3. The molecule has 7 heteroatoms. The van der Waals surface area contributed by atoms with Gasteiger partial charge in [-0.3, -0.25) is 0 Å². The van der Waals surface area contributed by atoms with Gasteiger partial charge in [-0.25, -0.2) is 8.42 Å². The van der Waals surface area contributed by atoms with Crippen LogP contribution in [0.25, 0.3) is 0 Å². The number of likely N-dealkylation sites (N-methyl/N-ethyl adjacent to an activating group) is 1. The summed E-state index contributed by atoms with van der Waals surface area (Å²) in [6.45, 7) is 2.81. The van der Waals surface area contributed by atoms with Gasteiger partial charge in [-0.2, -0.15) is 4.31 Å². The molecule has 19 heavy (non-hydrogen) atoms. The van der Waals surface area contributed by atoms with Gasteiger partial charge in [-0.15, -0.1) is 0 Å². The van der Waals surface area contributed by atoms with E-state index < -0.39 is 10.0 Å². The lowest BCUT2D eigenvalue weighted by molar-refractivity contribution is 0.149. The summed E-state index contributed by atoms with van der Waals surface area (Å²) < 4.78 is 33.1. The second-order valence-electron chi connectivity index (χ2n) is 4.63. The molecule has 1 rings (SSSR count). The van der Waals surface area contributed by atoms with E-state index in [2.05, 4.69) is 5.32 Å². The van der Waals surface area contributed by atoms with Crippen LogP contribution in [0.5, 0.6) is 0 Å². The SMILES string of the molecule is CNCc1cc(S(=O)(=O)N(C)C(C)COC)cn1C. The summed E-state index contributed by atoms with van der Waals surface area (Å²) in [7, 11) is 3.32. The van der Waals surface area contributed by atoms with E-state index in [4.69, 9.17) is 4.74 Å². The Labute approximate surface area is 115 Å². The van der Waals surface area contributed by atoms with Crippen LogP contribution in [-0.4, -0.2) is 51.1 Å². The molecule has 1 atom stereocenters. The van der Waals surface area contributed by atoms with Gasteiger partial charge in [0.2, 0.25) is 10.0 Å². The van der Waals surface area contributed by atoms with Gasteiger partial charge in [0.1, 0.15) is 4.90 Å². The van der Waals surface area contributed by atoms with Gasteiger partial charge in [0.05, 0.1) is 6.61 Å². The highest BCUT2D eigenvalue weighted by Gasteiger charge is 2.26. The lowest BCUT2D eigenvalue weighted by atomic mass is 10.4. The second kappa shape index (κ2) is 6.51. The van der Waals surface area contributed by atoms with Crippen LogP contribution in [0.4, 0.5) is 0 Å². The van der Waals surface area contributed by atoms with Gasteiger partial charge in [0, 0.05) is 45.7 Å². The van der Waals surface area contributed by atoms with Gasteiger partial charge >= 0.3 is 0 Å². The topological polar surface area (TPSA) is 63.6 Å². The molecular formula is C12H23N3O3S. The number of nitrogens with one attached hydrogen (secondary N) is 1. The monoisotopic (exact) mass is 289 g/mol. The molecule has 0 saturated heterocycles. The van der Waals surface area contributed by atoms with Crippen molar-refractivity contribution in [1.29, 1.82) is 0 Å². The van der Waals surface area contributed by atoms with E-state index >= 15 is 0 Å². The Morgan fingerprint density at radius 2 is 2.16 bits per heavy atom. The number of rotatable bonds is 7. The van der Waals surface area contributed by atoms with Crippen molar-refractivity contribution in [2.75, 3.05) is 27.8 Å². The lowest BCUT2D eigenvalue weighted by Crippen LogP contribution is -2.37. The van der Waals surface area contributed by atoms with E-state index in [0.717, 1.165) is 5.69 Å². The van der Waals surface area contributed by atoms with Crippen molar-refractivity contribution < 1.29 is 13.2 Å². The summed E-state index contributed by atoms with van der Waals surface area (Å²) in [6.07, 6.45) is 1.64. The fourth-order valence-corrected chi connectivity index (χ4v) is 3.27. The van der Waals surface area contributed by atoms with Crippen LogP contribution in [0.2, 0.25) is 0 Å². The van der Waals surface area contributed by atoms with Crippen molar-refractivity contribution in [2.24, 2.45) is 7.05 Å². The molecule has 1 heterocycles. The number of sulfonamides is 1. The van der Waals surface area contributed by atoms with Crippen LogP contribution >= 0.6 is 0 Å². The Morgan fingerprint density at radius 3 is 2.68 bits per heavy atom. The van der Waals surface area contributed by atoms with E-state index in [1.807, 2.05) is 25.6 Å². The summed E-state index contributed by atoms with van der Waals surface area (Å²) in [6, 6.07) is 1.49. The van der Waals surface area contributed by atoms with Crippen molar-refractivity contribution in [3.63, 3.8) is 0 Å². The minimum Gasteiger partial charge on any atom is -0.383 e. The maximum absolute atomic E-state index is 12.5. The van der Waals surface area contributed by atoms with Crippen LogP contribution in [0.15, 0.2) is 17.2 Å². The number of aromatic nitrogens is 1. The Balaban J connectivity index is 3.03. The first-order valence-corrected chi connectivity index (χ1v) is 7.55. The fourth-order valence-electron chi connectivity index (χ4n) is 1.82. The van der Waals surface area contributed by atoms with Crippen LogP contribution in [-0.2, 0) is 28.4 Å². The molecule has 0 radical (unpaired) electrons. The van der Waals surface area contributed by atoms with E-state index in [-0.39, 0.29) is 6.04 Å². The summed E-state index contributed by atoms with van der Waals surface area (Å²) in [5, 5.41) is 3.01. The molecule has 0 spiro atoms. The Kier molecular flexibility index (Phi) is 5.54. The zero-order chi connectivity index (χ0) is 14.6. The zero-order valence-corrected chi connectivity index (χ0v) is 13.0. The van der Waals surface area contributed by atoms with E-state index in [1.165, 1.54) is 4.31 Å². The Morgan fingerprint density at radius 1 is 1.53 bits per heavy atom. The molecule has 1 unspecified atom stereocenters. The summed E-state index contributed by atoms with van der Waals surface area (Å²) in [5.74, 6) is 0. The smallest absolute Gasteiger partial charge is 0.244 e. The highest BCUT2D eigenvalue weighted by atomic mass is 32.2. The molecule has 110 valence electrons. The molecule has 0 aromatic carbocycles. The van der Waals surface area contributed by atoms with Crippen molar-refractivity contribution in [3.05, 3.63) is 18.0 Å². The molecule has 1 N–H and O–H groups in total. The highest BCUT2D eigenvalue weighted by Crippen LogP contribution is 2.19. The third-order valence-electron chi connectivity index (χ3n) is 3.15. The predicted octanol–water partition coefficient (Wildman–Crippen LogP) is 0.400. The summed E-state index contributed by atoms with van der Waals surface area (Å²) >= 11 is 0. The summed E-state index contributed by atoms with van der Waals surface area (Å²) in [5.41, 5.74) is 0.925. The third kappa shape index (κ3) is 3.56. The molecule has 1 aromatic rings. The number of methoxy groups -OCH3 is 1. The zero-order valence-electron chi connectivity index (χ0n) is 12.2. The average Bonchev–Trinajstić information content (AvgIpc) is 2.71. The van der Waals surface area contributed by atoms with E-state index in [1.54, 1.807) is 26.4 Å². The molecule has 0 bridgehead atoms. The van der Waals surface area contributed by atoms with Crippen molar-refractivity contribution in [1.82, 2.24) is 14.2 Å².